The van der Waals surface area contributed by atoms with Crippen LogP contribution in [0, 0.1) is 0 Å². The van der Waals surface area contributed by atoms with E-state index < -0.39 is 0 Å². The molecule has 10 aromatic rings. The standard InChI is InChI=1S/C40H24N2/c1-4-10-28-23(7-1)15-19-34-37(28)38-29-17-14-27(21-26(29)16-20-35(38)41-34)33-22-25-9-3-6-12-31(25)40-36(33)32-18-13-24-8-2-5-11-30(24)39(32)42-40/h1-22,41-42H. The van der Waals surface area contributed by atoms with Gasteiger partial charge in [0.05, 0.1) is 11.0 Å². The second-order valence-electron chi connectivity index (χ2n) is 11.5. The van der Waals surface area contributed by atoms with Crippen LogP contribution < -0.4 is 0 Å². The minimum absolute atomic E-state index is 1.18. The maximum atomic E-state index is 3.87. The molecule has 194 valence electrons. The molecule has 10 rings (SSSR count). The fourth-order valence-corrected chi connectivity index (χ4v) is 7.39. The SMILES string of the molecule is c1ccc2c(c1)ccc1c2[nH]c2c3ccccc3cc(-c3ccc4c(ccc5[nH]c6ccc7ccccc7c6c54)c3)c12. The fraction of sp³-hybridized carbons (Fsp3) is 0. The predicted octanol–water partition coefficient (Wildman–Crippen LogP) is 11.2. The summed E-state index contributed by atoms with van der Waals surface area (Å²) in [4.78, 5) is 7.54. The van der Waals surface area contributed by atoms with Gasteiger partial charge in [-0.3, -0.25) is 0 Å². The van der Waals surface area contributed by atoms with Gasteiger partial charge in [0.1, 0.15) is 0 Å². The van der Waals surface area contributed by atoms with Crippen LogP contribution in [0.4, 0.5) is 0 Å². The van der Waals surface area contributed by atoms with Crippen molar-refractivity contribution in [3.8, 4) is 11.1 Å². The summed E-state index contributed by atoms with van der Waals surface area (Å²) in [5.74, 6) is 0. The molecule has 0 aliphatic carbocycles. The summed E-state index contributed by atoms with van der Waals surface area (Å²) in [6.45, 7) is 0. The summed E-state index contributed by atoms with van der Waals surface area (Å²) in [6, 6.07) is 48.9. The zero-order valence-corrected chi connectivity index (χ0v) is 22.7. The number of nitrogens with one attached hydrogen (secondary N) is 2. The molecule has 2 heterocycles. The van der Waals surface area contributed by atoms with Gasteiger partial charge in [0, 0.05) is 43.4 Å². The lowest BCUT2D eigenvalue weighted by Gasteiger charge is -2.11. The third-order valence-electron chi connectivity index (χ3n) is 9.28. The lowest BCUT2D eigenvalue weighted by Crippen LogP contribution is -1.84. The van der Waals surface area contributed by atoms with E-state index in [1.165, 1.54) is 97.8 Å². The first-order chi connectivity index (χ1) is 20.8. The quantitative estimate of drug-likeness (QED) is 0.211. The third-order valence-corrected chi connectivity index (χ3v) is 9.28. The summed E-state index contributed by atoms with van der Waals surface area (Å²) >= 11 is 0. The number of aromatic amines is 2. The van der Waals surface area contributed by atoms with Crippen LogP contribution in [0.25, 0.3) is 97.8 Å². The van der Waals surface area contributed by atoms with Gasteiger partial charge < -0.3 is 9.97 Å². The maximum absolute atomic E-state index is 3.87. The Balaban J connectivity index is 1.31. The van der Waals surface area contributed by atoms with Crippen LogP contribution in [0.3, 0.4) is 0 Å². The Bertz CT molecular complexity index is 2740. The molecule has 42 heavy (non-hydrogen) atoms. The third kappa shape index (κ3) is 2.88. The predicted molar refractivity (Wildman–Crippen MR) is 181 cm³/mol. The molecule has 0 aliphatic heterocycles. The van der Waals surface area contributed by atoms with E-state index in [4.69, 9.17) is 0 Å². The molecule has 0 amide bonds. The Hall–Kier alpha value is -5.60. The van der Waals surface area contributed by atoms with E-state index >= 15 is 0 Å². The summed E-state index contributed by atoms with van der Waals surface area (Å²) < 4.78 is 0. The zero-order chi connectivity index (χ0) is 27.4. The molecule has 0 radical (unpaired) electrons. The molecule has 0 bridgehead atoms. The Morgan fingerprint density at radius 3 is 1.67 bits per heavy atom. The van der Waals surface area contributed by atoms with E-state index in [1.807, 2.05) is 0 Å². The van der Waals surface area contributed by atoms with Gasteiger partial charge >= 0.3 is 0 Å². The van der Waals surface area contributed by atoms with Crippen molar-refractivity contribution in [2.24, 2.45) is 0 Å². The highest BCUT2D eigenvalue weighted by Gasteiger charge is 2.17. The normalized spacial score (nSPS) is 12.3. The molecule has 0 saturated carbocycles. The van der Waals surface area contributed by atoms with Crippen molar-refractivity contribution in [2.75, 3.05) is 0 Å². The number of fused-ring (bicyclic) bond motifs is 14. The van der Waals surface area contributed by atoms with Gasteiger partial charge in [0.2, 0.25) is 0 Å². The molecular weight excluding hydrogens is 508 g/mol. The van der Waals surface area contributed by atoms with E-state index in [2.05, 4.69) is 143 Å². The summed E-state index contributed by atoms with van der Waals surface area (Å²) in [6.07, 6.45) is 0. The summed E-state index contributed by atoms with van der Waals surface area (Å²) in [5.41, 5.74) is 7.26. The first kappa shape index (κ1) is 22.1. The Morgan fingerprint density at radius 2 is 0.881 bits per heavy atom. The minimum Gasteiger partial charge on any atom is -0.354 e. The molecule has 2 aromatic heterocycles. The van der Waals surface area contributed by atoms with Crippen molar-refractivity contribution in [3.05, 3.63) is 133 Å². The van der Waals surface area contributed by atoms with Gasteiger partial charge in [0.15, 0.2) is 0 Å². The van der Waals surface area contributed by atoms with Gasteiger partial charge in [-0.05, 0) is 67.7 Å². The number of aromatic nitrogens is 2. The lowest BCUT2D eigenvalue weighted by molar-refractivity contribution is 1.56. The second kappa shape index (κ2) is 7.99. The monoisotopic (exact) mass is 532 g/mol. The first-order valence-electron chi connectivity index (χ1n) is 14.5. The molecule has 0 saturated heterocycles. The van der Waals surface area contributed by atoms with E-state index in [0.29, 0.717) is 0 Å². The molecule has 0 spiro atoms. The smallest absolute Gasteiger partial charge is 0.0551 e. The Morgan fingerprint density at radius 1 is 0.333 bits per heavy atom. The number of benzene rings is 8. The number of hydrogen-bond donors (Lipinski definition) is 2. The van der Waals surface area contributed by atoms with E-state index in [1.54, 1.807) is 0 Å². The molecule has 0 fully saturated rings. The van der Waals surface area contributed by atoms with Crippen molar-refractivity contribution in [2.45, 2.75) is 0 Å². The van der Waals surface area contributed by atoms with Crippen LogP contribution in [-0.4, -0.2) is 9.97 Å². The average molecular weight is 533 g/mol. The van der Waals surface area contributed by atoms with Crippen LogP contribution in [0.2, 0.25) is 0 Å². The number of hydrogen-bond acceptors (Lipinski definition) is 0. The minimum atomic E-state index is 1.18. The van der Waals surface area contributed by atoms with E-state index in [-0.39, 0.29) is 0 Å². The zero-order valence-electron chi connectivity index (χ0n) is 22.7. The van der Waals surface area contributed by atoms with Crippen LogP contribution in [0.5, 0.6) is 0 Å². The average Bonchev–Trinajstić information content (AvgIpc) is 3.64. The van der Waals surface area contributed by atoms with Crippen LogP contribution in [-0.2, 0) is 0 Å². The van der Waals surface area contributed by atoms with Gasteiger partial charge in [0.25, 0.3) is 0 Å². The van der Waals surface area contributed by atoms with Crippen molar-refractivity contribution in [1.29, 1.82) is 0 Å². The highest BCUT2D eigenvalue weighted by atomic mass is 14.7. The second-order valence-corrected chi connectivity index (χ2v) is 11.5. The first-order valence-corrected chi connectivity index (χ1v) is 14.5. The van der Waals surface area contributed by atoms with Crippen molar-refractivity contribution in [3.63, 3.8) is 0 Å². The molecule has 0 atom stereocenters. The van der Waals surface area contributed by atoms with Crippen molar-refractivity contribution >= 4 is 86.7 Å². The molecule has 2 N–H and O–H groups in total. The fourth-order valence-electron chi connectivity index (χ4n) is 7.39. The Labute approximate surface area is 240 Å². The summed E-state index contributed by atoms with van der Waals surface area (Å²) in [5, 5.41) is 15.3. The van der Waals surface area contributed by atoms with E-state index in [9.17, 15) is 0 Å². The molecular formula is C40H24N2. The van der Waals surface area contributed by atoms with Crippen LogP contribution in [0.1, 0.15) is 0 Å². The van der Waals surface area contributed by atoms with Crippen LogP contribution >= 0.6 is 0 Å². The van der Waals surface area contributed by atoms with Gasteiger partial charge in [-0.25, -0.2) is 0 Å². The molecule has 2 heteroatoms. The van der Waals surface area contributed by atoms with Crippen molar-refractivity contribution in [1.82, 2.24) is 9.97 Å². The molecule has 0 unspecified atom stereocenters. The van der Waals surface area contributed by atoms with Gasteiger partial charge in [-0.1, -0.05) is 109 Å². The summed E-state index contributed by atoms with van der Waals surface area (Å²) in [7, 11) is 0. The topological polar surface area (TPSA) is 31.6 Å². The highest BCUT2D eigenvalue weighted by molar-refractivity contribution is 6.29. The highest BCUT2D eigenvalue weighted by Crippen LogP contribution is 2.43. The van der Waals surface area contributed by atoms with Crippen LogP contribution in [0.15, 0.2) is 133 Å². The van der Waals surface area contributed by atoms with Gasteiger partial charge in [-0.2, -0.15) is 0 Å². The molecule has 2 nitrogen and oxygen atoms in total. The molecule has 8 aromatic carbocycles. The van der Waals surface area contributed by atoms with Crippen molar-refractivity contribution < 1.29 is 0 Å². The van der Waals surface area contributed by atoms with Gasteiger partial charge in [-0.15, -0.1) is 0 Å². The largest absolute Gasteiger partial charge is 0.354 e. The van der Waals surface area contributed by atoms with E-state index in [0.717, 1.165) is 0 Å². The molecule has 0 aliphatic rings. The number of H-pyrrole nitrogens is 2. The Kier molecular flexibility index (Phi) is 4.21. The maximum Gasteiger partial charge on any atom is 0.0551 e. The lowest BCUT2D eigenvalue weighted by atomic mass is 9.92. The number of rotatable bonds is 1.